The number of hydrogen-bond donors (Lipinski definition) is 1. The van der Waals surface area contributed by atoms with Crippen LogP contribution in [0.5, 0.6) is 0 Å². The number of rotatable bonds is 6. The molecule has 0 aromatic carbocycles. The minimum Gasteiger partial charge on any atom is -0.336 e. The Morgan fingerprint density at radius 3 is 2.80 bits per heavy atom. The molecule has 5 nitrogen and oxygen atoms in total. The van der Waals surface area contributed by atoms with Crippen LogP contribution < -0.4 is 5.32 Å². The van der Waals surface area contributed by atoms with Gasteiger partial charge < -0.3 is 14.7 Å². The van der Waals surface area contributed by atoms with Gasteiger partial charge in [-0.1, -0.05) is 12.1 Å². The molecule has 1 rings (SSSR count). The maximum Gasteiger partial charge on any atom is 0.321 e. The number of aromatic nitrogens is 2. The predicted octanol–water partition coefficient (Wildman–Crippen LogP) is 1.52. The second-order valence-corrected chi connectivity index (χ2v) is 3.81. The van der Waals surface area contributed by atoms with Gasteiger partial charge in [-0.3, -0.25) is 0 Å². The van der Waals surface area contributed by atoms with Gasteiger partial charge in [0.25, 0.3) is 0 Å². The topological polar surface area (TPSA) is 54.2 Å². The van der Waals surface area contributed by atoms with E-state index in [1.165, 1.54) is 0 Å². The molecule has 0 radical (unpaired) electrons. The van der Waals surface area contributed by atoms with Crippen LogP contribution in [-0.4, -0.2) is 41.2 Å². The molecule has 1 atom stereocenters. The molecule has 86 valence electrons. The van der Waals surface area contributed by atoms with Crippen LogP contribution in [0.25, 0.3) is 0 Å². The number of nitrogens with zero attached hydrogens (tertiary/aromatic N) is 3. The molecule has 1 heterocycles. The fourth-order valence-electron chi connectivity index (χ4n) is 1.24. The molecule has 0 aliphatic heterocycles. The smallest absolute Gasteiger partial charge is 0.321 e. The molecule has 1 N–H and O–H groups in total. The summed E-state index contributed by atoms with van der Waals surface area (Å²) in [6.07, 6.45) is 1.16. The fraction of sp³-hybridized carbons (Fsp3) is 0.800. The third kappa shape index (κ3) is 3.87. The van der Waals surface area contributed by atoms with Crippen LogP contribution in [0.4, 0.5) is 6.01 Å². The summed E-state index contributed by atoms with van der Waals surface area (Å²) in [6.45, 7) is 8.01. The fourth-order valence-corrected chi connectivity index (χ4v) is 1.24. The van der Waals surface area contributed by atoms with Crippen molar-refractivity contribution < 1.29 is 4.52 Å². The molecule has 1 aromatic rings. The first-order chi connectivity index (χ1) is 7.13. The Morgan fingerprint density at radius 1 is 1.53 bits per heavy atom. The van der Waals surface area contributed by atoms with Crippen LogP contribution in [0.15, 0.2) is 4.52 Å². The molecule has 0 spiro atoms. The van der Waals surface area contributed by atoms with E-state index in [-0.39, 0.29) is 0 Å². The summed E-state index contributed by atoms with van der Waals surface area (Å²) in [6, 6.07) is 1.11. The van der Waals surface area contributed by atoms with Gasteiger partial charge in [-0.15, -0.1) is 0 Å². The largest absolute Gasteiger partial charge is 0.336 e. The number of anilines is 1. The summed E-state index contributed by atoms with van der Waals surface area (Å²) in [5.74, 6) is 0.660. The highest BCUT2D eigenvalue weighted by molar-refractivity contribution is 5.17. The van der Waals surface area contributed by atoms with E-state index in [2.05, 4.69) is 41.3 Å². The molecule has 1 unspecified atom stereocenters. The molecule has 0 fully saturated rings. The Morgan fingerprint density at radius 2 is 2.27 bits per heavy atom. The summed E-state index contributed by atoms with van der Waals surface area (Å²) in [5, 5.41) is 6.80. The average Bonchev–Trinajstić information content (AvgIpc) is 2.63. The summed E-state index contributed by atoms with van der Waals surface area (Å²) < 4.78 is 4.94. The van der Waals surface area contributed by atoms with E-state index in [0.717, 1.165) is 19.5 Å². The minimum atomic E-state index is 0.505. The monoisotopic (exact) mass is 212 g/mol. The zero-order valence-electron chi connectivity index (χ0n) is 9.95. The first kappa shape index (κ1) is 12.0. The Hall–Kier alpha value is -1.10. The number of nitrogens with one attached hydrogen (secondary N) is 1. The van der Waals surface area contributed by atoms with Gasteiger partial charge in [0.05, 0.1) is 0 Å². The Labute approximate surface area is 90.8 Å². The third-order valence-corrected chi connectivity index (χ3v) is 2.61. The van der Waals surface area contributed by atoms with E-state index in [1.807, 2.05) is 0 Å². The van der Waals surface area contributed by atoms with Gasteiger partial charge in [-0.2, -0.15) is 4.98 Å². The Balaban J connectivity index is 2.21. The van der Waals surface area contributed by atoms with Crippen molar-refractivity contribution in [1.29, 1.82) is 0 Å². The second-order valence-electron chi connectivity index (χ2n) is 3.81. The van der Waals surface area contributed by atoms with Crippen molar-refractivity contribution in [2.24, 2.45) is 0 Å². The highest BCUT2D eigenvalue weighted by atomic mass is 16.5. The lowest BCUT2D eigenvalue weighted by Crippen LogP contribution is -2.32. The van der Waals surface area contributed by atoms with Crippen LogP contribution in [0.2, 0.25) is 0 Å². The number of aryl methyl sites for hydroxylation is 1. The van der Waals surface area contributed by atoms with E-state index in [4.69, 9.17) is 4.52 Å². The van der Waals surface area contributed by atoms with Crippen LogP contribution in [-0.2, 0) is 0 Å². The quantitative estimate of drug-likeness (QED) is 0.774. The van der Waals surface area contributed by atoms with E-state index in [1.54, 1.807) is 6.92 Å². The van der Waals surface area contributed by atoms with Crippen molar-refractivity contribution in [3.63, 3.8) is 0 Å². The van der Waals surface area contributed by atoms with Crippen molar-refractivity contribution in [3.8, 4) is 0 Å². The summed E-state index contributed by atoms with van der Waals surface area (Å²) in [4.78, 5) is 6.37. The van der Waals surface area contributed by atoms with Gasteiger partial charge in [-0.05, 0) is 27.3 Å². The van der Waals surface area contributed by atoms with E-state index >= 15 is 0 Å². The molecule has 0 aliphatic carbocycles. The zero-order chi connectivity index (χ0) is 11.3. The average molecular weight is 212 g/mol. The zero-order valence-corrected chi connectivity index (χ0v) is 9.95. The van der Waals surface area contributed by atoms with Crippen LogP contribution >= 0.6 is 0 Å². The molecular formula is C10H20N4O. The summed E-state index contributed by atoms with van der Waals surface area (Å²) in [7, 11) is 2.12. The van der Waals surface area contributed by atoms with Crippen molar-refractivity contribution >= 4 is 6.01 Å². The molecule has 0 aliphatic rings. The first-order valence-electron chi connectivity index (χ1n) is 5.38. The molecule has 0 amide bonds. The molecule has 15 heavy (non-hydrogen) atoms. The summed E-state index contributed by atoms with van der Waals surface area (Å²) in [5.41, 5.74) is 0. The maximum absolute atomic E-state index is 4.94. The number of likely N-dealkylation sites (N-methyl/N-ethyl adjacent to an activating group) is 1. The van der Waals surface area contributed by atoms with Crippen LogP contribution in [0, 0.1) is 6.92 Å². The highest BCUT2D eigenvalue weighted by Gasteiger charge is 2.06. The van der Waals surface area contributed by atoms with E-state index < -0.39 is 0 Å². The van der Waals surface area contributed by atoms with Crippen LogP contribution in [0.1, 0.15) is 26.1 Å². The van der Waals surface area contributed by atoms with Gasteiger partial charge in [0, 0.05) is 19.1 Å². The van der Waals surface area contributed by atoms with Crippen molar-refractivity contribution in [3.05, 3.63) is 5.82 Å². The SMILES string of the molecule is CCC(C)N(C)CCNc1nc(C)no1. The normalized spacial score (nSPS) is 13.1. The van der Waals surface area contributed by atoms with Gasteiger partial charge >= 0.3 is 6.01 Å². The minimum absolute atomic E-state index is 0.505. The Bertz CT molecular complexity index is 287. The highest BCUT2D eigenvalue weighted by Crippen LogP contribution is 2.02. The summed E-state index contributed by atoms with van der Waals surface area (Å²) >= 11 is 0. The number of hydrogen-bond acceptors (Lipinski definition) is 5. The lowest BCUT2D eigenvalue weighted by atomic mass is 10.2. The third-order valence-electron chi connectivity index (χ3n) is 2.61. The van der Waals surface area contributed by atoms with Crippen molar-refractivity contribution in [2.75, 3.05) is 25.5 Å². The van der Waals surface area contributed by atoms with Gasteiger partial charge in [-0.25, -0.2) is 0 Å². The molecule has 1 aromatic heterocycles. The lowest BCUT2D eigenvalue weighted by Gasteiger charge is -2.23. The second kappa shape index (κ2) is 5.70. The van der Waals surface area contributed by atoms with E-state index in [9.17, 15) is 0 Å². The first-order valence-corrected chi connectivity index (χ1v) is 5.38. The van der Waals surface area contributed by atoms with Gasteiger partial charge in [0.2, 0.25) is 0 Å². The predicted molar refractivity (Wildman–Crippen MR) is 59.9 cm³/mol. The standard InChI is InChI=1S/C10H20N4O/c1-5-8(2)14(4)7-6-11-10-12-9(3)13-15-10/h8H,5-7H2,1-4H3,(H,11,12,13). The lowest BCUT2D eigenvalue weighted by molar-refractivity contribution is 0.260. The van der Waals surface area contributed by atoms with Crippen LogP contribution in [0.3, 0.4) is 0 Å². The molecule has 5 heteroatoms. The molecular weight excluding hydrogens is 192 g/mol. The Kier molecular flexibility index (Phi) is 4.55. The molecule has 0 saturated carbocycles. The molecule has 0 saturated heterocycles. The van der Waals surface area contributed by atoms with E-state index in [0.29, 0.717) is 17.9 Å². The van der Waals surface area contributed by atoms with Gasteiger partial charge in [0.1, 0.15) is 0 Å². The van der Waals surface area contributed by atoms with Gasteiger partial charge in [0.15, 0.2) is 5.82 Å². The van der Waals surface area contributed by atoms with Crippen molar-refractivity contribution in [2.45, 2.75) is 33.2 Å². The maximum atomic E-state index is 4.94. The molecule has 0 bridgehead atoms. The van der Waals surface area contributed by atoms with Crippen molar-refractivity contribution in [1.82, 2.24) is 15.0 Å².